The molecule has 0 aromatic heterocycles. The van der Waals surface area contributed by atoms with Crippen LogP contribution in [0.25, 0.3) is 0 Å². The standard InChI is InChI=1S/C16H26N2O/c1-11(2)18-7-8-19-15(10-17)16(18)14-6-5-12(3)13(4)9-14/h5-6,9,11,15-16H,7-8,10,17H2,1-4H3. The number of hydrogen-bond donors (Lipinski definition) is 1. The average Bonchev–Trinajstić information content (AvgIpc) is 2.41. The minimum atomic E-state index is 0.0956. The van der Waals surface area contributed by atoms with Crippen LogP contribution >= 0.6 is 0 Å². The predicted molar refractivity (Wildman–Crippen MR) is 79.3 cm³/mol. The van der Waals surface area contributed by atoms with Gasteiger partial charge in [-0.2, -0.15) is 0 Å². The molecule has 0 spiro atoms. The molecular weight excluding hydrogens is 236 g/mol. The van der Waals surface area contributed by atoms with Crippen LogP contribution in [0.3, 0.4) is 0 Å². The summed E-state index contributed by atoms with van der Waals surface area (Å²) in [5.74, 6) is 0. The molecule has 3 nitrogen and oxygen atoms in total. The molecule has 19 heavy (non-hydrogen) atoms. The zero-order valence-electron chi connectivity index (χ0n) is 12.5. The van der Waals surface area contributed by atoms with E-state index >= 15 is 0 Å². The third-order valence-electron chi connectivity index (χ3n) is 4.16. The summed E-state index contributed by atoms with van der Waals surface area (Å²) in [6.45, 7) is 11.1. The number of rotatable bonds is 3. The van der Waals surface area contributed by atoms with Crippen LogP contribution < -0.4 is 5.73 Å². The van der Waals surface area contributed by atoms with Crippen molar-refractivity contribution >= 4 is 0 Å². The quantitative estimate of drug-likeness (QED) is 0.909. The molecule has 2 atom stereocenters. The molecule has 2 unspecified atom stereocenters. The van der Waals surface area contributed by atoms with Gasteiger partial charge < -0.3 is 10.5 Å². The van der Waals surface area contributed by atoms with Crippen molar-refractivity contribution < 1.29 is 4.74 Å². The maximum absolute atomic E-state index is 5.91. The van der Waals surface area contributed by atoms with E-state index in [0.717, 1.165) is 13.2 Å². The van der Waals surface area contributed by atoms with E-state index in [-0.39, 0.29) is 12.1 Å². The van der Waals surface area contributed by atoms with Crippen molar-refractivity contribution in [3.63, 3.8) is 0 Å². The molecule has 2 N–H and O–H groups in total. The van der Waals surface area contributed by atoms with Crippen molar-refractivity contribution in [2.24, 2.45) is 5.73 Å². The highest BCUT2D eigenvalue weighted by Crippen LogP contribution is 2.31. The molecule has 1 fully saturated rings. The Bertz CT molecular complexity index is 431. The molecule has 2 rings (SSSR count). The van der Waals surface area contributed by atoms with Gasteiger partial charge in [-0.25, -0.2) is 0 Å². The van der Waals surface area contributed by atoms with Gasteiger partial charge in [-0.1, -0.05) is 18.2 Å². The van der Waals surface area contributed by atoms with Crippen LogP contribution in [0.2, 0.25) is 0 Å². The van der Waals surface area contributed by atoms with E-state index in [4.69, 9.17) is 10.5 Å². The average molecular weight is 262 g/mol. The topological polar surface area (TPSA) is 38.5 Å². The summed E-state index contributed by atoms with van der Waals surface area (Å²) in [5, 5.41) is 0. The molecular formula is C16H26N2O. The molecule has 0 radical (unpaired) electrons. The first-order valence-corrected chi connectivity index (χ1v) is 7.19. The van der Waals surface area contributed by atoms with Crippen LogP contribution in [0.1, 0.15) is 36.6 Å². The second-order valence-electron chi connectivity index (χ2n) is 5.77. The van der Waals surface area contributed by atoms with Crippen molar-refractivity contribution in [3.8, 4) is 0 Å². The van der Waals surface area contributed by atoms with E-state index in [0.29, 0.717) is 12.6 Å². The predicted octanol–water partition coefficient (Wildman–Crippen LogP) is 2.41. The van der Waals surface area contributed by atoms with E-state index < -0.39 is 0 Å². The number of aryl methyl sites for hydroxylation is 2. The van der Waals surface area contributed by atoms with Gasteiger partial charge in [0.25, 0.3) is 0 Å². The summed E-state index contributed by atoms with van der Waals surface area (Å²) in [6.07, 6.45) is 0.0956. The van der Waals surface area contributed by atoms with Gasteiger partial charge in [0.15, 0.2) is 0 Å². The second-order valence-corrected chi connectivity index (χ2v) is 5.77. The van der Waals surface area contributed by atoms with Gasteiger partial charge in [0.1, 0.15) is 0 Å². The summed E-state index contributed by atoms with van der Waals surface area (Å²) >= 11 is 0. The van der Waals surface area contributed by atoms with E-state index in [9.17, 15) is 0 Å². The smallest absolute Gasteiger partial charge is 0.0894 e. The van der Waals surface area contributed by atoms with E-state index in [1.165, 1.54) is 16.7 Å². The van der Waals surface area contributed by atoms with Gasteiger partial charge in [-0.3, -0.25) is 4.90 Å². The Balaban J connectivity index is 2.36. The van der Waals surface area contributed by atoms with Gasteiger partial charge >= 0.3 is 0 Å². The van der Waals surface area contributed by atoms with Crippen LogP contribution in [0.5, 0.6) is 0 Å². The minimum absolute atomic E-state index is 0.0956. The lowest BCUT2D eigenvalue weighted by molar-refractivity contribution is -0.0789. The zero-order valence-corrected chi connectivity index (χ0v) is 12.5. The molecule has 1 aliphatic rings. The van der Waals surface area contributed by atoms with Gasteiger partial charge in [-0.05, 0) is 44.4 Å². The molecule has 106 valence electrons. The first-order chi connectivity index (χ1) is 9.04. The lowest BCUT2D eigenvalue weighted by Crippen LogP contribution is -2.50. The summed E-state index contributed by atoms with van der Waals surface area (Å²) in [4.78, 5) is 2.51. The SMILES string of the molecule is Cc1ccc(C2C(CN)OCCN2C(C)C)cc1C. The zero-order chi connectivity index (χ0) is 14.0. The minimum Gasteiger partial charge on any atom is -0.374 e. The normalized spacial score (nSPS) is 24.9. The highest BCUT2D eigenvalue weighted by Gasteiger charge is 2.34. The van der Waals surface area contributed by atoms with Crippen molar-refractivity contribution in [1.82, 2.24) is 4.90 Å². The lowest BCUT2D eigenvalue weighted by Gasteiger charge is -2.43. The van der Waals surface area contributed by atoms with Crippen molar-refractivity contribution in [2.45, 2.75) is 45.9 Å². The van der Waals surface area contributed by atoms with Crippen molar-refractivity contribution in [3.05, 3.63) is 34.9 Å². The molecule has 0 saturated carbocycles. The van der Waals surface area contributed by atoms with E-state index in [1.54, 1.807) is 0 Å². The molecule has 1 saturated heterocycles. The largest absolute Gasteiger partial charge is 0.374 e. The molecule has 0 aliphatic carbocycles. The molecule has 0 amide bonds. The van der Waals surface area contributed by atoms with Crippen LogP contribution in [0.4, 0.5) is 0 Å². The maximum Gasteiger partial charge on any atom is 0.0894 e. The fourth-order valence-electron chi connectivity index (χ4n) is 2.88. The van der Waals surface area contributed by atoms with Crippen LogP contribution in [-0.4, -0.2) is 36.7 Å². The fourth-order valence-corrected chi connectivity index (χ4v) is 2.88. The number of benzene rings is 1. The fraction of sp³-hybridized carbons (Fsp3) is 0.625. The first kappa shape index (κ1) is 14.5. The molecule has 1 aromatic rings. The third-order valence-corrected chi connectivity index (χ3v) is 4.16. The lowest BCUT2D eigenvalue weighted by atomic mass is 9.94. The molecule has 1 heterocycles. The van der Waals surface area contributed by atoms with Crippen LogP contribution in [0.15, 0.2) is 18.2 Å². The van der Waals surface area contributed by atoms with Crippen LogP contribution in [-0.2, 0) is 4.74 Å². The Labute approximate surface area is 116 Å². The summed E-state index contributed by atoms with van der Waals surface area (Å²) < 4.78 is 5.88. The number of hydrogen-bond acceptors (Lipinski definition) is 3. The Hall–Kier alpha value is -0.900. The van der Waals surface area contributed by atoms with Gasteiger partial charge in [-0.15, -0.1) is 0 Å². The summed E-state index contributed by atoms with van der Waals surface area (Å²) in [7, 11) is 0. The Morgan fingerprint density at radius 1 is 1.32 bits per heavy atom. The highest BCUT2D eigenvalue weighted by molar-refractivity contribution is 5.32. The van der Waals surface area contributed by atoms with E-state index in [2.05, 4.69) is 50.8 Å². The first-order valence-electron chi connectivity index (χ1n) is 7.19. The second kappa shape index (κ2) is 6.04. The molecule has 1 aliphatic heterocycles. The maximum atomic E-state index is 5.91. The van der Waals surface area contributed by atoms with Crippen LogP contribution in [0, 0.1) is 13.8 Å². The molecule has 0 bridgehead atoms. The van der Waals surface area contributed by atoms with Crippen molar-refractivity contribution in [1.29, 1.82) is 0 Å². The number of nitrogens with zero attached hydrogens (tertiary/aromatic N) is 1. The number of nitrogens with two attached hydrogens (primary N) is 1. The van der Waals surface area contributed by atoms with Gasteiger partial charge in [0.05, 0.1) is 18.8 Å². The Kier molecular flexibility index (Phi) is 4.61. The van der Waals surface area contributed by atoms with Gasteiger partial charge in [0.2, 0.25) is 0 Å². The van der Waals surface area contributed by atoms with Gasteiger partial charge in [0, 0.05) is 19.1 Å². The van der Waals surface area contributed by atoms with Crippen molar-refractivity contribution in [2.75, 3.05) is 19.7 Å². The Morgan fingerprint density at radius 2 is 2.05 bits per heavy atom. The third kappa shape index (κ3) is 2.99. The monoisotopic (exact) mass is 262 g/mol. The molecule has 3 heteroatoms. The Morgan fingerprint density at radius 3 is 2.63 bits per heavy atom. The molecule has 1 aromatic carbocycles. The summed E-state index contributed by atoms with van der Waals surface area (Å²) in [6, 6.07) is 7.49. The van der Waals surface area contributed by atoms with E-state index in [1.807, 2.05) is 0 Å². The highest BCUT2D eigenvalue weighted by atomic mass is 16.5. The summed E-state index contributed by atoms with van der Waals surface area (Å²) in [5.41, 5.74) is 9.91. The number of morpholine rings is 1. The number of ether oxygens (including phenoxy) is 1.